The van der Waals surface area contributed by atoms with Gasteiger partial charge in [0, 0.05) is 17.4 Å². The minimum atomic E-state index is -1.15. The van der Waals surface area contributed by atoms with Crippen LogP contribution in [-0.2, 0) is 16.1 Å². The lowest BCUT2D eigenvalue weighted by Crippen LogP contribution is -2.55. The number of hydrogen-bond acceptors (Lipinski definition) is 5. The molecule has 2 aliphatic carbocycles. The van der Waals surface area contributed by atoms with Crippen molar-refractivity contribution in [3.63, 3.8) is 0 Å². The Morgan fingerprint density at radius 3 is 2.32 bits per heavy atom. The predicted molar refractivity (Wildman–Crippen MR) is 142 cm³/mol. The number of para-hydroxylation sites is 2. The lowest BCUT2D eigenvalue weighted by Gasteiger charge is -2.53. The van der Waals surface area contributed by atoms with Gasteiger partial charge in [-0.25, -0.2) is 23.5 Å². The maximum absolute atomic E-state index is 14.0. The zero-order valence-electron chi connectivity index (χ0n) is 21.8. The summed E-state index contributed by atoms with van der Waals surface area (Å²) in [5, 5.41) is 11.2. The van der Waals surface area contributed by atoms with E-state index < -0.39 is 34.7 Å². The molecule has 194 valence electrons. The fourth-order valence-corrected chi connectivity index (χ4v) is 6.90. The number of fused-ring (bicyclic) bond motifs is 4. The standard InChI is InChI=1S/C30H29N3O5/c1-16-9-8-12-21(25(16)34)24-20-13-14-31-28(37)32(19-10-6-5-7-11-19)29(38)33(31)23(20)15-22-26(35)17(2)18(3)27(36)30(22,24)4/h5-13,22-24,34H,14-15H2,1-4H3. The highest BCUT2D eigenvalue weighted by Crippen LogP contribution is 2.61. The highest BCUT2D eigenvalue weighted by atomic mass is 16.3. The molecule has 8 nitrogen and oxygen atoms in total. The van der Waals surface area contributed by atoms with Gasteiger partial charge in [0.2, 0.25) is 0 Å². The van der Waals surface area contributed by atoms with Gasteiger partial charge in [0.25, 0.3) is 0 Å². The van der Waals surface area contributed by atoms with Crippen molar-refractivity contribution in [1.29, 1.82) is 0 Å². The number of Topliss-reactive ketones (excluding diaryl/α,β-unsaturated/α-hetero) is 2. The van der Waals surface area contributed by atoms with Crippen LogP contribution in [0.5, 0.6) is 5.75 Å². The summed E-state index contributed by atoms with van der Waals surface area (Å²) in [5.41, 5.74) is 1.20. The van der Waals surface area contributed by atoms with E-state index in [0.29, 0.717) is 28.0 Å². The molecule has 0 radical (unpaired) electrons. The predicted octanol–water partition coefficient (Wildman–Crippen LogP) is 3.59. The van der Waals surface area contributed by atoms with E-state index in [9.17, 15) is 24.3 Å². The van der Waals surface area contributed by atoms with Gasteiger partial charge in [-0.1, -0.05) is 49.4 Å². The van der Waals surface area contributed by atoms with E-state index in [1.54, 1.807) is 57.2 Å². The average molecular weight is 512 g/mol. The van der Waals surface area contributed by atoms with Crippen LogP contribution >= 0.6 is 0 Å². The topological polar surface area (TPSA) is 103 Å². The average Bonchev–Trinajstić information content (AvgIpc) is 3.17. The third-order valence-corrected chi connectivity index (χ3v) is 9.03. The summed E-state index contributed by atoms with van der Waals surface area (Å²) in [6.45, 7) is 7.11. The molecule has 3 aliphatic rings. The minimum absolute atomic E-state index is 0.0698. The van der Waals surface area contributed by atoms with Gasteiger partial charge >= 0.3 is 11.4 Å². The molecule has 2 aromatic carbocycles. The van der Waals surface area contributed by atoms with E-state index in [4.69, 9.17) is 0 Å². The number of carbonyl (C=O) groups excluding carboxylic acids is 2. The smallest absolute Gasteiger partial charge is 0.352 e. The van der Waals surface area contributed by atoms with Gasteiger partial charge in [0.15, 0.2) is 11.6 Å². The molecule has 1 fully saturated rings. The number of rotatable bonds is 2. The van der Waals surface area contributed by atoms with Crippen molar-refractivity contribution >= 4 is 11.6 Å². The number of hydrogen-bond donors (Lipinski definition) is 1. The number of phenols is 1. The normalized spacial score (nSPS) is 26.5. The summed E-state index contributed by atoms with van der Waals surface area (Å²) in [4.78, 5) is 55.0. The van der Waals surface area contributed by atoms with Crippen LogP contribution in [0.2, 0.25) is 0 Å². The van der Waals surface area contributed by atoms with Gasteiger partial charge in [-0.05, 0) is 61.6 Å². The third-order valence-electron chi connectivity index (χ3n) is 9.03. The van der Waals surface area contributed by atoms with Crippen LogP contribution in [0.3, 0.4) is 0 Å². The molecule has 4 atom stereocenters. The molecular formula is C30H29N3O5. The van der Waals surface area contributed by atoms with E-state index in [1.165, 1.54) is 9.36 Å². The molecule has 6 rings (SSSR count). The number of carbonyl (C=O) groups is 2. The molecule has 0 spiro atoms. The summed E-state index contributed by atoms with van der Waals surface area (Å²) in [7, 11) is 0. The fourth-order valence-electron chi connectivity index (χ4n) is 6.90. The number of nitrogens with zero attached hydrogens (tertiary/aromatic N) is 3. The second-order valence-corrected chi connectivity index (χ2v) is 10.8. The molecule has 1 aromatic heterocycles. The van der Waals surface area contributed by atoms with Gasteiger partial charge < -0.3 is 5.11 Å². The summed E-state index contributed by atoms with van der Waals surface area (Å²) >= 11 is 0. The maximum atomic E-state index is 14.0. The Labute approximate surface area is 219 Å². The second kappa shape index (κ2) is 8.15. The van der Waals surface area contributed by atoms with Gasteiger partial charge in [0.1, 0.15) is 5.75 Å². The van der Waals surface area contributed by atoms with E-state index in [2.05, 4.69) is 0 Å². The van der Waals surface area contributed by atoms with E-state index in [1.807, 2.05) is 25.1 Å². The number of benzene rings is 2. The summed E-state index contributed by atoms with van der Waals surface area (Å²) in [6.07, 6.45) is 2.10. The SMILES string of the molecule is CC1=C(C)C(=O)C2(C)C(CC3C(=CCn4c(=O)n(-c5ccccc5)c(=O)n43)C2c2cccc(C)c2O)C1=O. The third kappa shape index (κ3) is 2.97. The van der Waals surface area contributed by atoms with Crippen LogP contribution in [-0.4, -0.2) is 30.6 Å². The Morgan fingerprint density at radius 2 is 1.61 bits per heavy atom. The summed E-state index contributed by atoms with van der Waals surface area (Å²) < 4.78 is 4.00. The Balaban J connectivity index is 1.63. The van der Waals surface area contributed by atoms with Crippen molar-refractivity contribution in [2.24, 2.45) is 11.3 Å². The molecule has 0 amide bonds. The van der Waals surface area contributed by atoms with Crippen molar-refractivity contribution in [2.75, 3.05) is 0 Å². The molecular weight excluding hydrogens is 482 g/mol. The number of ketones is 2. The van der Waals surface area contributed by atoms with Crippen LogP contribution < -0.4 is 11.4 Å². The van der Waals surface area contributed by atoms with Crippen molar-refractivity contribution in [1.82, 2.24) is 13.9 Å². The number of aryl methyl sites for hydroxylation is 1. The molecule has 0 saturated heterocycles. The molecule has 4 unspecified atom stereocenters. The first-order chi connectivity index (χ1) is 18.1. The van der Waals surface area contributed by atoms with Gasteiger partial charge in [-0.15, -0.1) is 0 Å². The summed E-state index contributed by atoms with van der Waals surface area (Å²) in [6, 6.07) is 13.5. The molecule has 1 aliphatic heterocycles. The largest absolute Gasteiger partial charge is 0.507 e. The lowest BCUT2D eigenvalue weighted by molar-refractivity contribution is -0.140. The first kappa shape index (κ1) is 24.2. The van der Waals surface area contributed by atoms with Crippen LogP contribution in [0.25, 0.3) is 5.69 Å². The Hall–Kier alpha value is -4.20. The Bertz CT molecular complexity index is 1720. The highest BCUT2D eigenvalue weighted by Gasteiger charge is 2.60. The molecule has 3 aromatic rings. The monoisotopic (exact) mass is 511 g/mol. The molecule has 1 N–H and O–H groups in total. The van der Waals surface area contributed by atoms with Crippen LogP contribution in [0.1, 0.15) is 50.3 Å². The molecule has 1 saturated carbocycles. The quantitative estimate of drug-likeness (QED) is 0.530. The lowest BCUT2D eigenvalue weighted by atomic mass is 9.50. The van der Waals surface area contributed by atoms with Crippen molar-refractivity contribution in [2.45, 2.75) is 52.6 Å². The first-order valence-electron chi connectivity index (χ1n) is 12.8. The molecule has 38 heavy (non-hydrogen) atoms. The first-order valence-corrected chi connectivity index (χ1v) is 12.8. The number of allylic oxidation sites excluding steroid dienone is 4. The van der Waals surface area contributed by atoms with Gasteiger partial charge in [-0.2, -0.15) is 0 Å². The Kier molecular flexibility index (Phi) is 5.18. The number of phenolic OH excluding ortho intramolecular Hbond substituents is 1. The number of aromatic hydroxyl groups is 1. The zero-order valence-corrected chi connectivity index (χ0v) is 21.8. The van der Waals surface area contributed by atoms with Crippen molar-refractivity contribution in [3.05, 3.63) is 103 Å². The van der Waals surface area contributed by atoms with Crippen molar-refractivity contribution in [3.8, 4) is 11.4 Å². The molecule has 2 heterocycles. The van der Waals surface area contributed by atoms with Crippen LogP contribution in [0.4, 0.5) is 0 Å². The fraction of sp³-hybridized carbons (Fsp3) is 0.333. The number of aromatic nitrogens is 3. The van der Waals surface area contributed by atoms with Gasteiger partial charge in [0.05, 0.1) is 23.7 Å². The van der Waals surface area contributed by atoms with Crippen LogP contribution in [0, 0.1) is 18.3 Å². The maximum Gasteiger partial charge on any atom is 0.352 e. The van der Waals surface area contributed by atoms with E-state index in [0.717, 1.165) is 10.1 Å². The molecule has 0 bridgehead atoms. The van der Waals surface area contributed by atoms with E-state index >= 15 is 0 Å². The minimum Gasteiger partial charge on any atom is -0.507 e. The van der Waals surface area contributed by atoms with Gasteiger partial charge in [-0.3, -0.25) is 9.59 Å². The zero-order chi connectivity index (χ0) is 27.1. The second-order valence-electron chi connectivity index (χ2n) is 10.8. The van der Waals surface area contributed by atoms with Crippen LogP contribution in [0.15, 0.2) is 80.9 Å². The molecule has 8 heteroatoms. The van der Waals surface area contributed by atoms with Crippen molar-refractivity contribution < 1.29 is 14.7 Å². The summed E-state index contributed by atoms with van der Waals surface area (Å²) in [5.74, 6) is -1.56. The highest BCUT2D eigenvalue weighted by molar-refractivity contribution is 6.15. The Morgan fingerprint density at radius 1 is 0.895 bits per heavy atom. The van der Waals surface area contributed by atoms with E-state index in [-0.39, 0.29) is 30.3 Å².